The van der Waals surface area contributed by atoms with E-state index >= 15 is 0 Å². The topological polar surface area (TPSA) is 118 Å². The van der Waals surface area contributed by atoms with Crippen molar-refractivity contribution in [1.82, 2.24) is 15.3 Å². The van der Waals surface area contributed by atoms with Crippen LogP contribution in [0.5, 0.6) is 11.5 Å². The molecule has 0 aliphatic carbocycles. The number of anilines is 1. The molecule has 9 heteroatoms. The first kappa shape index (κ1) is 21.1. The van der Waals surface area contributed by atoms with Gasteiger partial charge in [-0.05, 0) is 43.2 Å². The maximum absolute atomic E-state index is 11.5. The molecule has 0 saturated carbocycles. The van der Waals surface area contributed by atoms with Gasteiger partial charge >= 0.3 is 0 Å². The summed E-state index contributed by atoms with van der Waals surface area (Å²) in [6.07, 6.45) is 1.80. The monoisotopic (exact) mass is 445 g/mol. The maximum atomic E-state index is 11.5. The Morgan fingerprint density at radius 2 is 2.12 bits per heavy atom. The third kappa shape index (κ3) is 4.87. The Labute approximate surface area is 190 Å². The van der Waals surface area contributed by atoms with Gasteiger partial charge in [0.15, 0.2) is 18.2 Å². The minimum atomic E-state index is -0.196. The van der Waals surface area contributed by atoms with Crippen LogP contribution in [-0.4, -0.2) is 47.8 Å². The predicted octanol–water partition coefficient (Wildman–Crippen LogP) is 2.55. The van der Waals surface area contributed by atoms with Crippen molar-refractivity contribution >= 4 is 22.6 Å². The van der Waals surface area contributed by atoms with Gasteiger partial charge in [-0.15, -0.1) is 0 Å². The van der Waals surface area contributed by atoms with Gasteiger partial charge in [0.2, 0.25) is 0 Å². The third-order valence-electron chi connectivity index (χ3n) is 5.70. The summed E-state index contributed by atoms with van der Waals surface area (Å²) in [5.74, 6) is 1.52. The average Bonchev–Trinajstić information content (AvgIpc) is 2.86. The molecule has 1 amide bonds. The van der Waals surface area contributed by atoms with Crippen LogP contribution in [0.1, 0.15) is 24.2 Å². The molecule has 0 radical (unpaired) electrons. The van der Waals surface area contributed by atoms with Gasteiger partial charge in [-0.1, -0.05) is 12.1 Å². The van der Waals surface area contributed by atoms with Crippen LogP contribution in [-0.2, 0) is 16.1 Å². The highest BCUT2D eigenvalue weighted by molar-refractivity contribution is 5.94. The number of nitriles is 1. The second kappa shape index (κ2) is 9.40. The fourth-order valence-electron chi connectivity index (χ4n) is 3.93. The van der Waals surface area contributed by atoms with Gasteiger partial charge in [0, 0.05) is 18.0 Å². The van der Waals surface area contributed by atoms with Gasteiger partial charge in [0.25, 0.3) is 5.91 Å². The molecule has 4 heterocycles. The molecule has 1 saturated heterocycles. The van der Waals surface area contributed by atoms with E-state index in [0.717, 1.165) is 23.9 Å². The number of aromatic nitrogens is 2. The van der Waals surface area contributed by atoms with E-state index in [-0.39, 0.29) is 24.7 Å². The number of amides is 1. The van der Waals surface area contributed by atoms with Gasteiger partial charge < -0.3 is 24.8 Å². The lowest BCUT2D eigenvalue weighted by Crippen LogP contribution is -2.41. The summed E-state index contributed by atoms with van der Waals surface area (Å²) in [5.41, 5.74) is 1.88. The summed E-state index contributed by atoms with van der Waals surface area (Å²) in [6, 6.07) is 15.3. The van der Waals surface area contributed by atoms with Crippen molar-refractivity contribution in [2.75, 3.05) is 25.1 Å². The molecule has 0 unspecified atom stereocenters. The van der Waals surface area contributed by atoms with Crippen molar-refractivity contribution in [3.63, 3.8) is 0 Å². The van der Waals surface area contributed by atoms with Crippen LogP contribution in [0.2, 0.25) is 0 Å². The zero-order valence-corrected chi connectivity index (χ0v) is 17.9. The van der Waals surface area contributed by atoms with Crippen LogP contribution >= 0.6 is 0 Å². The van der Waals surface area contributed by atoms with E-state index < -0.39 is 0 Å². The standard InChI is InChI=1S/C24H23N5O4/c25-10-16-5-4-15-2-1-3-20(23(15)27-16)32-13-19-8-6-18(12-31-19)26-11-17-7-9-21-24(28-17)29-22(30)14-33-21/h1-5,7,9,18-19,26H,6,8,11-14H2,(H,28,29,30)/t18-,19+/m1/s1. The van der Waals surface area contributed by atoms with Gasteiger partial charge in [-0.3, -0.25) is 4.79 Å². The van der Waals surface area contributed by atoms with E-state index in [2.05, 4.69) is 26.7 Å². The summed E-state index contributed by atoms with van der Waals surface area (Å²) < 4.78 is 17.4. The number of ether oxygens (including phenoxy) is 3. The Balaban J connectivity index is 1.11. The highest BCUT2D eigenvalue weighted by Gasteiger charge is 2.23. The number of nitrogens with one attached hydrogen (secondary N) is 2. The average molecular weight is 445 g/mol. The lowest BCUT2D eigenvalue weighted by molar-refractivity contribution is -0.118. The molecule has 2 aromatic heterocycles. The summed E-state index contributed by atoms with van der Waals surface area (Å²) in [7, 11) is 0. The zero-order valence-electron chi connectivity index (χ0n) is 17.9. The molecule has 1 fully saturated rings. The van der Waals surface area contributed by atoms with Crippen molar-refractivity contribution in [2.45, 2.75) is 31.5 Å². The van der Waals surface area contributed by atoms with E-state index in [1.165, 1.54) is 0 Å². The van der Waals surface area contributed by atoms with Crippen molar-refractivity contribution in [1.29, 1.82) is 5.26 Å². The number of rotatable bonds is 6. The number of carbonyl (C=O) groups excluding carboxylic acids is 1. The maximum Gasteiger partial charge on any atom is 0.263 e. The van der Waals surface area contributed by atoms with Crippen LogP contribution in [0.4, 0.5) is 5.82 Å². The van der Waals surface area contributed by atoms with Gasteiger partial charge in [-0.2, -0.15) is 5.26 Å². The number of hydrogen-bond donors (Lipinski definition) is 2. The van der Waals surface area contributed by atoms with E-state index in [1.807, 2.05) is 36.4 Å². The molecule has 3 aromatic rings. The molecule has 2 atom stereocenters. The predicted molar refractivity (Wildman–Crippen MR) is 120 cm³/mol. The fraction of sp³-hybridized carbons (Fsp3) is 0.333. The molecule has 168 valence electrons. The van der Waals surface area contributed by atoms with Gasteiger partial charge in [0.1, 0.15) is 29.6 Å². The molecule has 0 spiro atoms. The normalized spacial score (nSPS) is 19.8. The molecule has 2 aliphatic heterocycles. The first-order valence-electron chi connectivity index (χ1n) is 10.9. The summed E-state index contributed by atoms with van der Waals surface area (Å²) in [5, 5.41) is 16.2. The molecule has 0 bridgehead atoms. The Morgan fingerprint density at radius 3 is 2.97 bits per heavy atom. The van der Waals surface area contributed by atoms with E-state index in [9.17, 15) is 4.79 Å². The highest BCUT2D eigenvalue weighted by Crippen LogP contribution is 2.26. The van der Waals surface area contributed by atoms with E-state index in [1.54, 1.807) is 6.07 Å². The number of hydrogen-bond acceptors (Lipinski definition) is 8. The van der Waals surface area contributed by atoms with Crippen molar-refractivity contribution in [3.8, 4) is 17.6 Å². The SMILES string of the molecule is N#Cc1ccc2cccc(OC[C@@H]3CC[C@@H](NCc4ccc5c(n4)NC(=O)CO5)CO3)c2n1. The number of pyridine rings is 2. The second-order valence-corrected chi connectivity index (χ2v) is 8.04. The number of carbonyl (C=O) groups is 1. The first-order valence-corrected chi connectivity index (χ1v) is 10.9. The van der Waals surface area contributed by atoms with E-state index in [4.69, 9.17) is 19.5 Å². The van der Waals surface area contributed by atoms with Crippen LogP contribution in [0.25, 0.3) is 10.9 Å². The smallest absolute Gasteiger partial charge is 0.263 e. The number of benzene rings is 1. The lowest BCUT2D eigenvalue weighted by Gasteiger charge is -2.29. The first-order chi connectivity index (χ1) is 16.2. The summed E-state index contributed by atoms with van der Waals surface area (Å²) in [4.78, 5) is 20.3. The second-order valence-electron chi connectivity index (χ2n) is 8.04. The van der Waals surface area contributed by atoms with Crippen LogP contribution in [0.3, 0.4) is 0 Å². The Morgan fingerprint density at radius 1 is 1.18 bits per heavy atom. The molecular weight excluding hydrogens is 422 g/mol. The quantitative estimate of drug-likeness (QED) is 0.594. The lowest BCUT2D eigenvalue weighted by atomic mass is 10.1. The number of para-hydroxylation sites is 1. The van der Waals surface area contributed by atoms with Gasteiger partial charge in [0.05, 0.1) is 18.4 Å². The number of nitrogens with zero attached hydrogens (tertiary/aromatic N) is 3. The Kier molecular flexibility index (Phi) is 6.02. The van der Waals surface area contributed by atoms with Crippen LogP contribution in [0, 0.1) is 11.3 Å². The van der Waals surface area contributed by atoms with Crippen LogP contribution in [0.15, 0.2) is 42.5 Å². The molecule has 2 N–H and O–H groups in total. The molecule has 1 aromatic carbocycles. The van der Waals surface area contributed by atoms with Crippen molar-refractivity contribution in [2.24, 2.45) is 0 Å². The fourth-order valence-corrected chi connectivity index (χ4v) is 3.93. The minimum Gasteiger partial charge on any atom is -0.489 e. The largest absolute Gasteiger partial charge is 0.489 e. The van der Waals surface area contributed by atoms with Crippen molar-refractivity contribution < 1.29 is 19.0 Å². The van der Waals surface area contributed by atoms with Crippen molar-refractivity contribution in [3.05, 3.63) is 53.9 Å². The minimum absolute atomic E-state index is 0.00770. The molecule has 2 aliphatic rings. The molecular formula is C24H23N5O4. The molecule has 9 nitrogen and oxygen atoms in total. The summed E-state index contributed by atoms with van der Waals surface area (Å²) in [6.45, 7) is 1.59. The molecule has 33 heavy (non-hydrogen) atoms. The zero-order chi connectivity index (χ0) is 22.6. The number of fused-ring (bicyclic) bond motifs is 2. The molecule has 5 rings (SSSR count). The van der Waals surface area contributed by atoms with E-state index in [0.29, 0.717) is 48.3 Å². The van der Waals surface area contributed by atoms with Crippen LogP contribution < -0.4 is 20.1 Å². The Hall–Kier alpha value is -3.74. The third-order valence-corrected chi connectivity index (χ3v) is 5.70. The highest BCUT2D eigenvalue weighted by atomic mass is 16.5. The Bertz CT molecular complexity index is 1220. The van der Waals surface area contributed by atoms with Gasteiger partial charge in [-0.25, -0.2) is 9.97 Å². The summed E-state index contributed by atoms with van der Waals surface area (Å²) >= 11 is 0.